The standard InChI is InChI=1S/C14H16.C2H6.CH4/c1-9-5-6-11(3)14-12(4)8-7-10(2)13(9)14;1-2;/h5-8H,1-4H3;1-2H3;1H4. The van der Waals surface area contributed by atoms with Gasteiger partial charge in [-0.2, -0.15) is 0 Å². The summed E-state index contributed by atoms with van der Waals surface area (Å²) in [6, 6.07) is 8.85. The van der Waals surface area contributed by atoms with Crippen LogP contribution in [0.15, 0.2) is 24.3 Å². The second kappa shape index (κ2) is 6.44. The Balaban J connectivity index is 0.000000811. The predicted octanol–water partition coefficient (Wildman–Crippen LogP) is 5.74. The van der Waals surface area contributed by atoms with Crippen molar-refractivity contribution in [2.45, 2.75) is 49.0 Å². The summed E-state index contributed by atoms with van der Waals surface area (Å²) in [6.45, 7) is 12.8. The van der Waals surface area contributed by atoms with Crippen molar-refractivity contribution in [3.8, 4) is 0 Å². The summed E-state index contributed by atoms with van der Waals surface area (Å²) in [7, 11) is 0. The van der Waals surface area contributed by atoms with Crippen molar-refractivity contribution in [1.82, 2.24) is 0 Å². The third-order valence-electron chi connectivity index (χ3n) is 2.99. The van der Waals surface area contributed by atoms with Gasteiger partial charge in [0, 0.05) is 0 Å². The molecule has 0 aliphatic carbocycles. The average Bonchev–Trinajstić information content (AvgIpc) is 2.30. The van der Waals surface area contributed by atoms with Crippen molar-refractivity contribution >= 4 is 10.8 Å². The van der Waals surface area contributed by atoms with Crippen LogP contribution in [0.3, 0.4) is 0 Å². The number of benzene rings is 2. The maximum absolute atomic E-state index is 2.21. The zero-order valence-electron chi connectivity index (χ0n) is 11.3. The van der Waals surface area contributed by atoms with Gasteiger partial charge in [0.1, 0.15) is 0 Å². The molecule has 2 aromatic rings. The van der Waals surface area contributed by atoms with Crippen molar-refractivity contribution in [2.24, 2.45) is 0 Å². The van der Waals surface area contributed by atoms with Gasteiger partial charge in [-0.05, 0) is 60.7 Å². The van der Waals surface area contributed by atoms with Crippen LogP contribution >= 0.6 is 0 Å². The summed E-state index contributed by atoms with van der Waals surface area (Å²) >= 11 is 0. The summed E-state index contributed by atoms with van der Waals surface area (Å²) in [5, 5.41) is 2.87. The lowest BCUT2D eigenvalue weighted by Crippen LogP contribution is -1.89. The minimum Gasteiger partial charge on any atom is -0.0776 e. The lowest BCUT2D eigenvalue weighted by Gasteiger charge is -2.11. The molecule has 0 fully saturated rings. The fourth-order valence-electron chi connectivity index (χ4n) is 2.24. The summed E-state index contributed by atoms with van der Waals surface area (Å²) in [5.41, 5.74) is 5.53. The Hall–Kier alpha value is -1.30. The first kappa shape index (κ1) is 15.7. The Morgan fingerprint density at radius 1 is 0.529 bits per heavy atom. The Morgan fingerprint density at radius 3 is 0.882 bits per heavy atom. The monoisotopic (exact) mass is 230 g/mol. The number of hydrogen-bond acceptors (Lipinski definition) is 0. The molecule has 0 aliphatic heterocycles. The topological polar surface area (TPSA) is 0 Å². The van der Waals surface area contributed by atoms with Crippen LogP contribution in [-0.2, 0) is 0 Å². The van der Waals surface area contributed by atoms with Crippen molar-refractivity contribution in [2.75, 3.05) is 0 Å². The average molecular weight is 230 g/mol. The molecule has 0 atom stereocenters. The maximum atomic E-state index is 2.21. The van der Waals surface area contributed by atoms with Crippen LogP contribution in [0.1, 0.15) is 43.5 Å². The predicted molar refractivity (Wildman–Crippen MR) is 81.0 cm³/mol. The highest BCUT2D eigenvalue weighted by molar-refractivity contribution is 5.93. The highest BCUT2D eigenvalue weighted by Crippen LogP contribution is 2.27. The molecule has 0 saturated carbocycles. The number of hydrogen-bond donors (Lipinski definition) is 0. The second-order valence-electron chi connectivity index (χ2n) is 4.15. The molecule has 0 heterocycles. The molecule has 0 spiro atoms. The Morgan fingerprint density at radius 2 is 0.706 bits per heavy atom. The van der Waals surface area contributed by atoms with Crippen LogP contribution in [0, 0.1) is 27.7 Å². The van der Waals surface area contributed by atoms with Crippen LogP contribution in [0.5, 0.6) is 0 Å². The fraction of sp³-hybridized carbons (Fsp3) is 0.412. The minimum absolute atomic E-state index is 0. The lowest BCUT2D eigenvalue weighted by molar-refractivity contribution is 1.38. The van der Waals surface area contributed by atoms with Gasteiger partial charge in [-0.1, -0.05) is 45.5 Å². The van der Waals surface area contributed by atoms with Gasteiger partial charge in [0.05, 0.1) is 0 Å². The van der Waals surface area contributed by atoms with E-state index in [1.54, 1.807) is 0 Å². The summed E-state index contributed by atoms with van der Waals surface area (Å²) < 4.78 is 0. The van der Waals surface area contributed by atoms with Gasteiger partial charge in [0.15, 0.2) is 0 Å². The molecule has 0 nitrogen and oxygen atoms in total. The summed E-state index contributed by atoms with van der Waals surface area (Å²) in [4.78, 5) is 0. The molecule has 0 N–H and O–H groups in total. The third kappa shape index (κ3) is 2.88. The normalized spacial score (nSPS) is 9.29. The van der Waals surface area contributed by atoms with E-state index in [-0.39, 0.29) is 7.43 Å². The van der Waals surface area contributed by atoms with Gasteiger partial charge in [-0.3, -0.25) is 0 Å². The zero-order valence-corrected chi connectivity index (χ0v) is 11.3. The van der Waals surface area contributed by atoms with E-state index in [9.17, 15) is 0 Å². The first-order chi connectivity index (χ1) is 7.61. The minimum atomic E-state index is 0. The molecule has 0 aromatic heterocycles. The Labute approximate surface area is 107 Å². The summed E-state index contributed by atoms with van der Waals surface area (Å²) in [5.74, 6) is 0. The van der Waals surface area contributed by atoms with E-state index >= 15 is 0 Å². The highest BCUT2D eigenvalue weighted by Gasteiger charge is 2.05. The molecule has 0 radical (unpaired) electrons. The van der Waals surface area contributed by atoms with Crippen LogP contribution in [0.2, 0.25) is 0 Å². The van der Waals surface area contributed by atoms with Gasteiger partial charge in [-0.25, -0.2) is 0 Å². The van der Waals surface area contributed by atoms with Crippen molar-refractivity contribution in [1.29, 1.82) is 0 Å². The first-order valence-electron chi connectivity index (χ1n) is 6.07. The first-order valence-corrected chi connectivity index (χ1v) is 6.07. The summed E-state index contributed by atoms with van der Waals surface area (Å²) in [6.07, 6.45) is 0. The molecule has 0 heteroatoms. The zero-order chi connectivity index (χ0) is 12.3. The van der Waals surface area contributed by atoms with Crippen LogP contribution < -0.4 is 0 Å². The molecule has 0 saturated heterocycles. The van der Waals surface area contributed by atoms with E-state index in [1.165, 1.54) is 33.0 Å². The van der Waals surface area contributed by atoms with E-state index in [1.807, 2.05) is 13.8 Å². The molecule has 0 amide bonds. The SMILES string of the molecule is C.CC.Cc1ccc(C)c2c(C)ccc(C)c12. The smallest absolute Gasteiger partial charge is 0.0120 e. The molecule has 0 unspecified atom stereocenters. The van der Waals surface area contributed by atoms with E-state index < -0.39 is 0 Å². The van der Waals surface area contributed by atoms with E-state index in [2.05, 4.69) is 52.0 Å². The van der Waals surface area contributed by atoms with Gasteiger partial charge < -0.3 is 0 Å². The lowest BCUT2D eigenvalue weighted by atomic mass is 9.94. The number of aryl methyl sites for hydroxylation is 4. The molecule has 2 aromatic carbocycles. The van der Waals surface area contributed by atoms with E-state index in [0.717, 1.165) is 0 Å². The molecular formula is C17H26. The quantitative estimate of drug-likeness (QED) is 0.541. The Kier molecular flexibility index (Phi) is 5.95. The van der Waals surface area contributed by atoms with Crippen molar-refractivity contribution < 1.29 is 0 Å². The fourth-order valence-corrected chi connectivity index (χ4v) is 2.24. The van der Waals surface area contributed by atoms with E-state index in [4.69, 9.17) is 0 Å². The van der Waals surface area contributed by atoms with Gasteiger partial charge in [0.25, 0.3) is 0 Å². The molecule has 0 aliphatic rings. The van der Waals surface area contributed by atoms with Crippen molar-refractivity contribution in [3.05, 3.63) is 46.5 Å². The molecule has 94 valence electrons. The second-order valence-corrected chi connectivity index (χ2v) is 4.15. The van der Waals surface area contributed by atoms with Crippen LogP contribution in [0.25, 0.3) is 10.8 Å². The third-order valence-corrected chi connectivity index (χ3v) is 2.99. The maximum Gasteiger partial charge on any atom is -0.0120 e. The highest BCUT2D eigenvalue weighted by atomic mass is 14.1. The van der Waals surface area contributed by atoms with E-state index in [0.29, 0.717) is 0 Å². The molecule has 2 rings (SSSR count). The molecular weight excluding hydrogens is 204 g/mol. The number of rotatable bonds is 0. The molecule has 0 bridgehead atoms. The Bertz CT molecular complexity index is 404. The van der Waals surface area contributed by atoms with Crippen LogP contribution in [-0.4, -0.2) is 0 Å². The van der Waals surface area contributed by atoms with Crippen LogP contribution in [0.4, 0.5) is 0 Å². The van der Waals surface area contributed by atoms with Gasteiger partial charge in [0.2, 0.25) is 0 Å². The van der Waals surface area contributed by atoms with Gasteiger partial charge >= 0.3 is 0 Å². The largest absolute Gasteiger partial charge is 0.0776 e. The number of fused-ring (bicyclic) bond motifs is 1. The molecule has 17 heavy (non-hydrogen) atoms. The van der Waals surface area contributed by atoms with Gasteiger partial charge in [-0.15, -0.1) is 0 Å². The van der Waals surface area contributed by atoms with Crippen molar-refractivity contribution in [3.63, 3.8) is 0 Å².